The van der Waals surface area contributed by atoms with Crippen molar-refractivity contribution in [1.29, 1.82) is 0 Å². The molecule has 3 nitrogen and oxygen atoms in total. The van der Waals surface area contributed by atoms with Gasteiger partial charge in [0, 0.05) is 18.0 Å². The Morgan fingerprint density at radius 1 is 1.38 bits per heavy atom. The van der Waals surface area contributed by atoms with Gasteiger partial charge in [-0.05, 0) is 12.1 Å². The van der Waals surface area contributed by atoms with E-state index in [1.807, 2.05) is 0 Å². The minimum absolute atomic E-state index is 0.374. The number of benzene rings is 1. The third-order valence-electron chi connectivity index (χ3n) is 1.38. The second-order valence-corrected chi connectivity index (χ2v) is 2.83. The van der Waals surface area contributed by atoms with E-state index in [1.54, 1.807) is 18.2 Å². The van der Waals surface area contributed by atoms with Crippen LogP contribution in [-0.4, -0.2) is 13.1 Å². The van der Waals surface area contributed by atoms with E-state index in [0.29, 0.717) is 16.5 Å². The molecule has 0 N–H and O–H groups in total. The fourth-order valence-electron chi connectivity index (χ4n) is 0.881. The van der Waals surface area contributed by atoms with E-state index in [9.17, 15) is 4.79 Å². The molecule has 4 heteroatoms. The first kappa shape index (κ1) is 9.86. The highest BCUT2D eigenvalue weighted by atomic mass is 35.5. The summed E-state index contributed by atoms with van der Waals surface area (Å²) in [7, 11) is 1.48. The molecule has 0 saturated carbocycles. The molecule has 1 rings (SSSR count). The fraction of sp³-hybridized carbons (Fsp3) is 0.222. The Bertz CT molecular complexity index is 323. The predicted molar refractivity (Wildman–Crippen MR) is 49.3 cm³/mol. The van der Waals surface area contributed by atoms with Gasteiger partial charge >= 0.3 is 5.97 Å². The summed E-state index contributed by atoms with van der Waals surface area (Å²) < 4.78 is 9.83. The van der Waals surface area contributed by atoms with E-state index < -0.39 is 0 Å². The van der Waals surface area contributed by atoms with Gasteiger partial charge < -0.3 is 9.47 Å². The SMILES string of the molecule is COc1cc(Cl)ccc1OC(C)=O. The Labute approximate surface area is 81.2 Å². The zero-order valence-corrected chi connectivity index (χ0v) is 8.09. The maximum absolute atomic E-state index is 10.7. The molecule has 0 radical (unpaired) electrons. The molecular formula is C9H9ClO3. The van der Waals surface area contributed by atoms with Gasteiger partial charge in [-0.15, -0.1) is 0 Å². The van der Waals surface area contributed by atoms with E-state index in [-0.39, 0.29) is 5.97 Å². The van der Waals surface area contributed by atoms with Crippen molar-refractivity contribution in [3.8, 4) is 11.5 Å². The molecule has 0 fully saturated rings. The molecule has 1 aromatic rings. The van der Waals surface area contributed by atoms with Gasteiger partial charge in [0.25, 0.3) is 0 Å². The van der Waals surface area contributed by atoms with Gasteiger partial charge in [-0.2, -0.15) is 0 Å². The average molecular weight is 201 g/mol. The molecule has 70 valence electrons. The summed E-state index contributed by atoms with van der Waals surface area (Å²) >= 11 is 5.71. The van der Waals surface area contributed by atoms with E-state index in [0.717, 1.165) is 0 Å². The molecule has 0 atom stereocenters. The molecule has 0 saturated heterocycles. The molecule has 0 amide bonds. The number of methoxy groups -OCH3 is 1. The van der Waals surface area contributed by atoms with Crippen LogP contribution in [0.2, 0.25) is 5.02 Å². The molecule has 0 unspecified atom stereocenters. The fourth-order valence-corrected chi connectivity index (χ4v) is 1.04. The van der Waals surface area contributed by atoms with E-state index in [2.05, 4.69) is 0 Å². The molecule has 0 aliphatic carbocycles. The van der Waals surface area contributed by atoms with E-state index in [4.69, 9.17) is 21.1 Å². The molecular weight excluding hydrogens is 192 g/mol. The smallest absolute Gasteiger partial charge is 0.308 e. The summed E-state index contributed by atoms with van der Waals surface area (Å²) in [6, 6.07) is 4.80. The summed E-state index contributed by atoms with van der Waals surface area (Å²) in [6.07, 6.45) is 0. The zero-order valence-electron chi connectivity index (χ0n) is 7.33. The van der Waals surface area contributed by atoms with Crippen molar-refractivity contribution < 1.29 is 14.3 Å². The van der Waals surface area contributed by atoms with Gasteiger partial charge in [0.2, 0.25) is 0 Å². The highest BCUT2D eigenvalue weighted by Gasteiger charge is 2.06. The third-order valence-corrected chi connectivity index (χ3v) is 1.61. The Morgan fingerprint density at radius 3 is 2.62 bits per heavy atom. The number of carbonyl (C=O) groups excluding carboxylic acids is 1. The van der Waals surface area contributed by atoms with Crippen molar-refractivity contribution in [1.82, 2.24) is 0 Å². The van der Waals surface area contributed by atoms with Crippen LogP contribution in [0.15, 0.2) is 18.2 Å². The number of hydrogen-bond donors (Lipinski definition) is 0. The van der Waals surface area contributed by atoms with Crippen molar-refractivity contribution in [2.75, 3.05) is 7.11 Å². The van der Waals surface area contributed by atoms with E-state index >= 15 is 0 Å². The lowest BCUT2D eigenvalue weighted by molar-refractivity contribution is -0.132. The number of carbonyl (C=O) groups is 1. The van der Waals surface area contributed by atoms with Gasteiger partial charge in [0.15, 0.2) is 11.5 Å². The average Bonchev–Trinajstić information content (AvgIpc) is 2.07. The number of ether oxygens (including phenoxy) is 2. The number of hydrogen-bond acceptors (Lipinski definition) is 3. The summed E-state index contributed by atoms with van der Waals surface area (Å²) in [4.78, 5) is 10.7. The first-order valence-corrected chi connectivity index (χ1v) is 4.03. The second-order valence-electron chi connectivity index (χ2n) is 2.39. The van der Waals surface area contributed by atoms with Gasteiger partial charge in [-0.3, -0.25) is 4.79 Å². The third kappa shape index (κ3) is 2.63. The first-order valence-electron chi connectivity index (χ1n) is 3.65. The maximum atomic E-state index is 10.7. The van der Waals surface area contributed by atoms with Crippen LogP contribution >= 0.6 is 11.6 Å². The molecule has 0 aromatic heterocycles. The molecule has 0 spiro atoms. The van der Waals surface area contributed by atoms with Crippen molar-refractivity contribution in [3.63, 3.8) is 0 Å². The molecule has 13 heavy (non-hydrogen) atoms. The second kappa shape index (κ2) is 4.14. The van der Waals surface area contributed by atoms with Gasteiger partial charge in [-0.1, -0.05) is 11.6 Å². The van der Waals surface area contributed by atoms with Crippen molar-refractivity contribution in [3.05, 3.63) is 23.2 Å². The number of esters is 1. The quantitative estimate of drug-likeness (QED) is 0.543. The lowest BCUT2D eigenvalue weighted by Gasteiger charge is -2.07. The highest BCUT2D eigenvalue weighted by molar-refractivity contribution is 6.30. The predicted octanol–water partition coefficient (Wildman–Crippen LogP) is 2.27. The molecule has 0 heterocycles. The largest absolute Gasteiger partial charge is 0.493 e. The zero-order chi connectivity index (χ0) is 9.84. The normalized spacial score (nSPS) is 9.46. The Kier molecular flexibility index (Phi) is 3.14. The van der Waals surface area contributed by atoms with Gasteiger partial charge in [-0.25, -0.2) is 0 Å². The lowest BCUT2D eigenvalue weighted by atomic mass is 10.3. The summed E-state index contributed by atoms with van der Waals surface area (Å²) in [5.41, 5.74) is 0. The minimum atomic E-state index is -0.388. The number of rotatable bonds is 2. The van der Waals surface area contributed by atoms with Crippen LogP contribution in [0.5, 0.6) is 11.5 Å². The highest BCUT2D eigenvalue weighted by Crippen LogP contribution is 2.29. The van der Waals surface area contributed by atoms with Crippen LogP contribution < -0.4 is 9.47 Å². The van der Waals surface area contributed by atoms with Crippen LogP contribution in [0.25, 0.3) is 0 Å². The van der Waals surface area contributed by atoms with Gasteiger partial charge in [0.05, 0.1) is 7.11 Å². The van der Waals surface area contributed by atoms with E-state index in [1.165, 1.54) is 14.0 Å². The van der Waals surface area contributed by atoms with Crippen molar-refractivity contribution >= 4 is 17.6 Å². The minimum Gasteiger partial charge on any atom is -0.493 e. The molecule has 0 bridgehead atoms. The monoisotopic (exact) mass is 200 g/mol. The Morgan fingerprint density at radius 2 is 2.08 bits per heavy atom. The van der Waals surface area contributed by atoms with Crippen molar-refractivity contribution in [2.45, 2.75) is 6.92 Å². The lowest BCUT2D eigenvalue weighted by Crippen LogP contribution is -2.02. The maximum Gasteiger partial charge on any atom is 0.308 e. The Balaban J connectivity index is 2.99. The van der Waals surface area contributed by atoms with Crippen molar-refractivity contribution in [2.24, 2.45) is 0 Å². The van der Waals surface area contributed by atoms with Crippen LogP contribution in [-0.2, 0) is 4.79 Å². The Hall–Kier alpha value is -1.22. The van der Waals surface area contributed by atoms with Crippen LogP contribution in [0.3, 0.4) is 0 Å². The van der Waals surface area contributed by atoms with Crippen LogP contribution in [0.1, 0.15) is 6.92 Å². The molecule has 0 aliphatic heterocycles. The molecule has 1 aromatic carbocycles. The van der Waals surface area contributed by atoms with Gasteiger partial charge in [0.1, 0.15) is 0 Å². The summed E-state index contributed by atoms with van der Waals surface area (Å²) in [6.45, 7) is 1.33. The summed E-state index contributed by atoms with van der Waals surface area (Å²) in [5, 5.41) is 0.535. The number of halogens is 1. The van der Waals surface area contributed by atoms with Crippen LogP contribution in [0.4, 0.5) is 0 Å². The topological polar surface area (TPSA) is 35.5 Å². The van der Waals surface area contributed by atoms with Crippen LogP contribution in [0, 0.1) is 0 Å². The standard InChI is InChI=1S/C9H9ClO3/c1-6(11)13-8-4-3-7(10)5-9(8)12-2/h3-5H,1-2H3. The molecule has 0 aliphatic rings. The summed E-state index contributed by atoms with van der Waals surface area (Å²) in [5.74, 6) is 0.433. The first-order chi connectivity index (χ1) is 6.13.